The largest absolute Gasteiger partial charge is 0.496 e. The Balaban J connectivity index is 2.91. The molecular weight excluding hydrogens is 212 g/mol. The Labute approximate surface area is 105 Å². The second-order valence-corrected chi connectivity index (χ2v) is 5.19. The van der Waals surface area contributed by atoms with Gasteiger partial charge in [0.15, 0.2) is 0 Å². The van der Waals surface area contributed by atoms with Crippen molar-refractivity contribution in [3.63, 3.8) is 0 Å². The van der Waals surface area contributed by atoms with Gasteiger partial charge in [0, 0.05) is 24.2 Å². The number of hydrogen-bond acceptors (Lipinski definition) is 3. The van der Waals surface area contributed by atoms with E-state index in [-0.39, 0.29) is 5.54 Å². The van der Waals surface area contributed by atoms with Crippen molar-refractivity contribution in [1.82, 2.24) is 4.90 Å². The summed E-state index contributed by atoms with van der Waals surface area (Å²) < 4.78 is 5.39. The number of rotatable bonds is 5. The summed E-state index contributed by atoms with van der Waals surface area (Å²) in [7, 11) is 3.80. The van der Waals surface area contributed by atoms with Crippen molar-refractivity contribution >= 4 is 0 Å². The molecule has 1 rings (SSSR count). The summed E-state index contributed by atoms with van der Waals surface area (Å²) in [6.45, 7) is 7.87. The first kappa shape index (κ1) is 14.0. The van der Waals surface area contributed by atoms with Crippen LogP contribution < -0.4 is 10.5 Å². The van der Waals surface area contributed by atoms with Crippen LogP contribution in [0.4, 0.5) is 0 Å². The van der Waals surface area contributed by atoms with Gasteiger partial charge in [0.05, 0.1) is 7.11 Å². The standard InChI is InChI=1S/C14H24N2O/c1-11-6-7-13(17-5)12(8-11)9-16(4)14(2,3)10-15/h6-8H,9-10,15H2,1-5H3. The Morgan fingerprint density at radius 1 is 1.35 bits per heavy atom. The molecule has 2 N–H and O–H groups in total. The highest BCUT2D eigenvalue weighted by molar-refractivity contribution is 5.36. The quantitative estimate of drug-likeness (QED) is 0.851. The number of nitrogens with two attached hydrogens (primary N) is 1. The molecule has 0 heterocycles. The van der Waals surface area contributed by atoms with Crippen LogP contribution in [0.2, 0.25) is 0 Å². The Morgan fingerprint density at radius 3 is 2.53 bits per heavy atom. The number of aryl methyl sites for hydroxylation is 1. The van der Waals surface area contributed by atoms with Crippen molar-refractivity contribution in [3.05, 3.63) is 29.3 Å². The predicted octanol–water partition coefficient (Wildman–Crippen LogP) is 2.17. The van der Waals surface area contributed by atoms with E-state index in [0.29, 0.717) is 6.54 Å². The number of hydrogen-bond donors (Lipinski definition) is 1. The fourth-order valence-electron chi connectivity index (χ4n) is 1.66. The predicted molar refractivity (Wildman–Crippen MR) is 72.3 cm³/mol. The fourth-order valence-corrected chi connectivity index (χ4v) is 1.66. The molecule has 0 saturated heterocycles. The molecule has 1 aromatic carbocycles. The fraction of sp³-hybridized carbons (Fsp3) is 0.571. The number of benzene rings is 1. The third-order valence-corrected chi connectivity index (χ3v) is 3.38. The number of nitrogens with zero attached hydrogens (tertiary/aromatic N) is 1. The van der Waals surface area contributed by atoms with E-state index in [1.807, 2.05) is 6.07 Å². The third kappa shape index (κ3) is 3.45. The molecule has 3 heteroatoms. The molecule has 96 valence electrons. The minimum Gasteiger partial charge on any atom is -0.496 e. The first-order valence-corrected chi connectivity index (χ1v) is 5.95. The SMILES string of the molecule is COc1ccc(C)cc1CN(C)C(C)(C)CN. The molecule has 0 bridgehead atoms. The summed E-state index contributed by atoms with van der Waals surface area (Å²) in [5, 5.41) is 0. The molecule has 3 nitrogen and oxygen atoms in total. The topological polar surface area (TPSA) is 38.5 Å². The van der Waals surface area contributed by atoms with E-state index >= 15 is 0 Å². The van der Waals surface area contributed by atoms with Crippen molar-refractivity contribution in [1.29, 1.82) is 0 Å². The molecule has 0 atom stereocenters. The second kappa shape index (κ2) is 5.52. The van der Waals surface area contributed by atoms with Gasteiger partial charge >= 0.3 is 0 Å². The highest BCUT2D eigenvalue weighted by Crippen LogP contribution is 2.23. The average Bonchev–Trinajstić information content (AvgIpc) is 2.29. The van der Waals surface area contributed by atoms with Crippen molar-refractivity contribution < 1.29 is 4.74 Å². The molecule has 0 unspecified atom stereocenters. The van der Waals surface area contributed by atoms with E-state index < -0.39 is 0 Å². The van der Waals surface area contributed by atoms with Gasteiger partial charge in [0.2, 0.25) is 0 Å². The van der Waals surface area contributed by atoms with Crippen LogP contribution in [0.5, 0.6) is 5.75 Å². The summed E-state index contributed by atoms with van der Waals surface area (Å²) in [6, 6.07) is 6.26. The van der Waals surface area contributed by atoms with Crippen LogP contribution in [-0.2, 0) is 6.54 Å². The monoisotopic (exact) mass is 236 g/mol. The van der Waals surface area contributed by atoms with Crippen LogP contribution in [0.3, 0.4) is 0 Å². The van der Waals surface area contributed by atoms with Gasteiger partial charge in [-0.05, 0) is 33.9 Å². The highest BCUT2D eigenvalue weighted by atomic mass is 16.5. The molecule has 0 radical (unpaired) electrons. The Morgan fingerprint density at radius 2 is 2.00 bits per heavy atom. The summed E-state index contributed by atoms with van der Waals surface area (Å²) in [5.41, 5.74) is 8.24. The maximum Gasteiger partial charge on any atom is 0.123 e. The zero-order valence-electron chi connectivity index (χ0n) is 11.6. The first-order valence-electron chi connectivity index (χ1n) is 5.95. The maximum atomic E-state index is 5.79. The molecular formula is C14H24N2O. The van der Waals surface area contributed by atoms with Gasteiger partial charge in [0.25, 0.3) is 0 Å². The molecule has 0 aliphatic heterocycles. The highest BCUT2D eigenvalue weighted by Gasteiger charge is 2.22. The zero-order valence-corrected chi connectivity index (χ0v) is 11.6. The molecule has 0 spiro atoms. The lowest BCUT2D eigenvalue weighted by Gasteiger charge is -2.34. The number of methoxy groups -OCH3 is 1. The van der Waals surface area contributed by atoms with Gasteiger partial charge in [0.1, 0.15) is 5.75 Å². The lowest BCUT2D eigenvalue weighted by molar-refractivity contribution is 0.154. The zero-order chi connectivity index (χ0) is 13.1. The third-order valence-electron chi connectivity index (χ3n) is 3.38. The van der Waals surface area contributed by atoms with Crippen LogP contribution in [0, 0.1) is 6.92 Å². The minimum atomic E-state index is -0.00520. The van der Waals surface area contributed by atoms with E-state index in [2.05, 4.69) is 44.9 Å². The molecule has 0 fully saturated rings. The molecule has 0 saturated carbocycles. The van der Waals surface area contributed by atoms with Crippen molar-refractivity contribution in [2.24, 2.45) is 5.73 Å². The summed E-state index contributed by atoms with van der Waals surface area (Å²) in [6.07, 6.45) is 0. The molecule has 0 aromatic heterocycles. The summed E-state index contributed by atoms with van der Waals surface area (Å²) in [5.74, 6) is 0.940. The van der Waals surface area contributed by atoms with Crippen molar-refractivity contribution in [2.45, 2.75) is 32.9 Å². The van der Waals surface area contributed by atoms with E-state index in [0.717, 1.165) is 12.3 Å². The normalized spacial score (nSPS) is 11.9. The van der Waals surface area contributed by atoms with Crippen LogP contribution >= 0.6 is 0 Å². The molecule has 17 heavy (non-hydrogen) atoms. The molecule has 0 amide bonds. The van der Waals surface area contributed by atoms with Crippen LogP contribution in [0.1, 0.15) is 25.0 Å². The van der Waals surface area contributed by atoms with Crippen LogP contribution in [0.25, 0.3) is 0 Å². The van der Waals surface area contributed by atoms with E-state index in [1.165, 1.54) is 11.1 Å². The summed E-state index contributed by atoms with van der Waals surface area (Å²) >= 11 is 0. The lowest BCUT2D eigenvalue weighted by Crippen LogP contribution is -2.46. The van der Waals surface area contributed by atoms with Gasteiger partial charge < -0.3 is 10.5 Å². The van der Waals surface area contributed by atoms with E-state index in [9.17, 15) is 0 Å². The van der Waals surface area contributed by atoms with Gasteiger partial charge in [-0.1, -0.05) is 17.7 Å². The smallest absolute Gasteiger partial charge is 0.123 e. The number of ether oxygens (including phenoxy) is 1. The van der Waals surface area contributed by atoms with Crippen molar-refractivity contribution in [2.75, 3.05) is 20.7 Å². The van der Waals surface area contributed by atoms with E-state index in [1.54, 1.807) is 7.11 Å². The molecule has 1 aromatic rings. The van der Waals surface area contributed by atoms with Gasteiger partial charge in [-0.25, -0.2) is 0 Å². The van der Waals surface area contributed by atoms with Crippen molar-refractivity contribution in [3.8, 4) is 5.75 Å². The lowest BCUT2D eigenvalue weighted by atomic mass is 10.0. The maximum absolute atomic E-state index is 5.79. The second-order valence-electron chi connectivity index (χ2n) is 5.19. The first-order chi connectivity index (χ1) is 7.90. The van der Waals surface area contributed by atoms with Crippen LogP contribution in [-0.4, -0.2) is 31.1 Å². The summed E-state index contributed by atoms with van der Waals surface area (Å²) in [4.78, 5) is 2.25. The molecule has 0 aliphatic rings. The van der Waals surface area contributed by atoms with Gasteiger partial charge in [-0.2, -0.15) is 0 Å². The van der Waals surface area contributed by atoms with Crippen LogP contribution in [0.15, 0.2) is 18.2 Å². The Kier molecular flexibility index (Phi) is 4.54. The van der Waals surface area contributed by atoms with Gasteiger partial charge in [-0.15, -0.1) is 0 Å². The Hall–Kier alpha value is -1.06. The Bertz CT molecular complexity index is 374. The number of likely N-dealkylation sites (N-methyl/N-ethyl adjacent to an activating group) is 1. The minimum absolute atomic E-state index is 0.00520. The van der Waals surface area contributed by atoms with Gasteiger partial charge in [-0.3, -0.25) is 4.90 Å². The van der Waals surface area contributed by atoms with E-state index in [4.69, 9.17) is 10.5 Å². The average molecular weight is 236 g/mol. The molecule has 0 aliphatic carbocycles.